The minimum absolute atomic E-state index is 0.150. The first-order chi connectivity index (χ1) is 10.7. The fraction of sp³-hybridized carbons (Fsp3) is 0.235. The minimum Gasteiger partial charge on any atom is -0.497 e. The highest BCUT2D eigenvalue weighted by molar-refractivity contribution is 6.04. The van der Waals surface area contributed by atoms with Crippen molar-refractivity contribution in [3.05, 3.63) is 54.1 Å². The molecule has 2 aromatic carbocycles. The molecule has 0 radical (unpaired) electrons. The molecule has 1 amide bonds. The lowest BCUT2D eigenvalue weighted by atomic mass is 10.2. The van der Waals surface area contributed by atoms with E-state index in [-0.39, 0.29) is 5.91 Å². The number of amides is 1. The van der Waals surface area contributed by atoms with Crippen molar-refractivity contribution in [2.45, 2.75) is 0 Å². The van der Waals surface area contributed by atoms with E-state index in [4.69, 9.17) is 9.47 Å². The van der Waals surface area contributed by atoms with E-state index in [9.17, 15) is 4.79 Å². The third kappa shape index (κ3) is 4.49. The van der Waals surface area contributed by atoms with Gasteiger partial charge in [-0.1, -0.05) is 0 Å². The van der Waals surface area contributed by atoms with Gasteiger partial charge in [0.25, 0.3) is 5.91 Å². The summed E-state index contributed by atoms with van der Waals surface area (Å²) in [6, 6.07) is 14.5. The number of anilines is 2. The number of methoxy groups -OCH3 is 2. The highest BCUT2D eigenvalue weighted by Crippen LogP contribution is 2.16. The predicted octanol–water partition coefficient (Wildman–Crippen LogP) is 3.01. The van der Waals surface area contributed by atoms with Gasteiger partial charge < -0.3 is 20.1 Å². The largest absolute Gasteiger partial charge is 0.497 e. The van der Waals surface area contributed by atoms with Crippen LogP contribution in [0.3, 0.4) is 0 Å². The molecule has 0 atom stereocenters. The highest BCUT2D eigenvalue weighted by atomic mass is 16.5. The third-order valence-corrected chi connectivity index (χ3v) is 3.13. The number of rotatable bonds is 7. The molecule has 116 valence electrons. The molecule has 0 aliphatic heterocycles. The van der Waals surface area contributed by atoms with E-state index < -0.39 is 0 Å². The van der Waals surface area contributed by atoms with Crippen LogP contribution in [0.2, 0.25) is 0 Å². The van der Waals surface area contributed by atoms with E-state index in [0.717, 1.165) is 23.7 Å². The summed E-state index contributed by atoms with van der Waals surface area (Å²) in [6.07, 6.45) is 0. The first kappa shape index (κ1) is 15.9. The summed E-state index contributed by atoms with van der Waals surface area (Å²) in [5.41, 5.74) is 2.32. The summed E-state index contributed by atoms with van der Waals surface area (Å²) < 4.78 is 10.1. The topological polar surface area (TPSA) is 59.6 Å². The predicted molar refractivity (Wildman–Crippen MR) is 87.8 cm³/mol. The molecule has 2 aromatic rings. The molecule has 0 fully saturated rings. The van der Waals surface area contributed by atoms with Crippen LogP contribution in [0, 0.1) is 0 Å². The smallest absolute Gasteiger partial charge is 0.255 e. The molecule has 0 aliphatic carbocycles. The van der Waals surface area contributed by atoms with E-state index in [1.165, 1.54) is 0 Å². The summed E-state index contributed by atoms with van der Waals surface area (Å²) in [7, 11) is 3.26. The minimum atomic E-state index is -0.150. The number of hydrogen-bond acceptors (Lipinski definition) is 4. The Morgan fingerprint density at radius 2 is 1.59 bits per heavy atom. The van der Waals surface area contributed by atoms with Crippen LogP contribution in [0.25, 0.3) is 0 Å². The summed E-state index contributed by atoms with van der Waals surface area (Å²) in [5.74, 6) is 0.575. The average molecular weight is 300 g/mol. The van der Waals surface area contributed by atoms with Gasteiger partial charge in [-0.3, -0.25) is 4.79 Å². The van der Waals surface area contributed by atoms with Gasteiger partial charge in [0.2, 0.25) is 0 Å². The first-order valence-electron chi connectivity index (χ1n) is 7.01. The first-order valence-corrected chi connectivity index (χ1v) is 7.01. The monoisotopic (exact) mass is 300 g/mol. The Morgan fingerprint density at radius 3 is 2.18 bits per heavy atom. The number of nitrogens with one attached hydrogen (secondary N) is 2. The van der Waals surface area contributed by atoms with E-state index in [0.29, 0.717) is 12.2 Å². The van der Waals surface area contributed by atoms with E-state index in [2.05, 4.69) is 10.6 Å². The van der Waals surface area contributed by atoms with Crippen molar-refractivity contribution in [2.75, 3.05) is 38.0 Å². The molecule has 0 aliphatic rings. The van der Waals surface area contributed by atoms with Crippen LogP contribution >= 0.6 is 0 Å². The zero-order chi connectivity index (χ0) is 15.8. The van der Waals surface area contributed by atoms with Crippen molar-refractivity contribution in [1.29, 1.82) is 0 Å². The molecule has 22 heavy (non-hydrogen) atoms. The van der Waals surface area contributed by atoms with Crippen LogP contribution in [0.15, 0.2) is 48.5 Å². The average Bonchev–Trinajstić information content (AvgIpc) is 2.57. The number of hydrogen-bond donors (Lipinski definition) is 2. The molecule has 5 heteroatoms. The molecule has 0 bridgehead atoms. The molecule has 0 saturated carbocycles. The van der Waals surface area contributed by atoms with Crippen molar-refractivity contribution in [2.24, 2.45) is 0 Å². The maximum absolute atomic E-state index is 12.1. The Labute approximate surface area is 130 Å². The molecule has 0 heterocycles. The number of carbonyl (C=O) groups excluding carboxylic acids is 1. The molecule has 2 rings (SSSR count). The summed E-state index contributed by atoms with van der Waals surface area (Å²) in [4.78, 5) is 12.1. The van der Waals surface area contributed by atoms with Gasteiger partial charge in [-0.15, -0.1) is 0 Å². The standard InChI is InChI=1S/C17H20N2O3/c1-21-12-11-18-14-5-7-15(8-6-14)19-17(20)13-3-9-16(22-2)10-4-13/h3-10,18H,11-12H2,1-2H3,(H,19,20). The van der Waals surface area contributed by atoms with Crippen LogP contribution in [0.4, 0.5) is 11.4 Å². The number of carbonyl (C=O) groups is 1. The Kier molecular flexibility index (Phi) is 5.80. The fourth-order valence-corrected chi connectivity index (χ4v) is 1.91. The Bertz CT molecular complexity index is 594. The van der Waals surface area contributed by atoms with Crippen LogP contribution in [-0.4, -0.2) is 33.3 Å². The van der Waals surface area contributed by atoms with Crippen molar-refractivity contribution < 1.29 is 14.3 Å². The van der Waals surface area contributed by atoms with Gasteiger partial charge in [0.15, 0.2) is 0 Å². The van der Waals surface area contributed by atoms with Gasteiger partial charge in [-0.2, -0.15) is 0 Å². The van der Waals surface area contributed by atoms with Gasteiger partial charge in [-0.25, -0.2) is 0 Å². The lowest BCUT2D eigenvalue weighted by Crippen LogP contribution is -2.12. The van der Waals surface area contributed by atoms with Gasteiger partial charge in [0, 0.05) is 30.6 Å². The number of ether oxygens (including phenoxy) is 2. The SMILES string of the molecule is COCCNc1ccc(NC(=O)c2ccc(OC)cc2)cc1. The lowest BCUT2D eigenvalue weighted by Gasteiger charge is -2.08. The molecule has 2 N–H and O–H groups in total. The van der Waals surface area contributed by atoms with Gasteiger partial charge in [0.1, 0.15) is 5.75 Å². The summed E-state index contributed by atoms with van der Waals surface area (Å²) in [5, 5.41) is 6.08. The van der Waals surface area contributed by atoms with Crippen molar-refractivity contribution in [3.8, 4) is 5.75 Å². The summed E-state index contributed by atoms with van der Waals surface area (Å²) in [6.45, 7) is 1.39. The number of benzene rings is 2. The maximum atomic E-state index is 12.1. The van der Waals surface area contributed by atoms with Crippen LogP contribution < -0.4 is 15.4 Å². The van der Waals surface area contributed by atoms with E-state index in [1.54, 1.807) is 38.5 Å². The Hall–Kier alpha value is -2.53. The zero-order valence-electron chi connectivity index (χ0n) is 12.8. The quantitative estimate of drug-likeness (QED) is 0.772. The van der Waals surface area contributed by atoms with Crippen molar-refractivity contribution >= 4 is 17.3 Å². The van der Waals surface area contributed by atoms with Gasteiger partial charge in [-0.05, 0) is 48.5 Å². The molecule has 0 aromatic heterocycles. The Balaban J connectivity index is 1.93. The fourth-order valence-electron chi connectivity index (χ4n) is 1.91. The molecular weight excluding hydrogens is 280 g/mol. The highest BCUT2D eigenvalue weighted by Gasteiger charge is 2.06. The molecular formula is C17H20N2O3. The molecule has 0 unspecified atom stereocenters. The van der Waals surface area contributed by atoms with Crippen molar-refractivity contribution in [3.63, 3.8) is 0 Å². The van der Waals surface area contributed by atoms with Crippen LogP contribution in [-0.2, 0) is 4.74 Å². The second-order valence-corrected chi connectivity index (χ2v) is 4.68. The van der Waals surface area contributed by atoms with E-state index in [1.807, 2.05) is 24.3 Å². The van der Waals surface area contributed by atoms with E-state index >= 15 is 0 Å². The maximum Gasteiger partial charge on any atom is 0.255 e. The summed E-state index contributed by atoms with van der Waals surface area (Å²) >= 11 is 0. The van der Waals surface area contributed by atoms with Crippen LogP contribution in [0.1, 0.15) is 10.4 Å². The lowest BCUT2D eigenvalue weighted by molar-refractivity contribution is 0.102. The van der Waals surface area contributed by atoms with Crippen LogP contribution in [0.5, 0.6) is 5.75 Å². The third-order valence-electron chi connectivity index (χ3n) is 3.13. The second-order valence-electron chi connectivity index (χ2n) is 4.68. The molecule has 5 nitrogen and oxygen atoms in total. The molecule has 0 spiro atoms. The molecule has 0 saturated heterocycles. The second kappa shape index (κ2) is 8.05. The normalized spacial score (nSPS) is 10.1. The Morgan fingerprint density at radius 1 is 0.955 bits per heavy atom. The zero-order valence-corrected chi connectivity index (χ0v) is 12.8. The van der Waals surface area contributed by atoms with Crippen molar-refractivity contribution in [1.82, 2.24) is 0 Å². The van der Waals surface area contributed by atoms with Gasteiger partial charge >= 0.3 is 0 Å². The van der Waals surface area contributed by atoms with Gasteiger partial charge in [0.05, 0.1) is 13.7 Å².